The number of guanidine groups is 1. The lowest BCUT2D eigenvalue weighted by Crippen LogP contribution is -2.44. The average molecular weight is 526 g/mol. The van der Waals surface area contributed by atoms with Crippen LogP contribution in [0, 0.1) is 0 Å². The number of halogens is 1. The van der Waals surface area contributed by atoms with E-state index in [1.807, 2.05) is 7.05 Å². The van der Waals surface area contributed by atoms with Crippen molar-refractivity contribution in [2.75, 3.05) is 20.1 Å². The molecule has 30 heavy (non-hydrogen) atoms. The third-order valence-electron chi connectivity index (χ3n) is 5.36. The van der Waals surface area contributed by atoms with Crippen molar-refractivity contribution < 1.29 is 4.52 Å². The van der Waals surface area contributed by atoms with Gasteiger partial charge in [-0.25, -0.2) is 0 Å². The molecule has 166 valence electrons. The first kappa shape index (κ1) is 24.6. The van der Waals surface area contributed by atoms with E-state index >= 15 is 0 Å². The third kappa shape index (κ3) is 7.23. The highest BCUT2D eigenvalue weighted by Crippen LogP contribution is 2.20. The van der Waals surface area contributed by atoms with Crippen LogP contribution in [0.25, 0.3) is 0 Å². The topological polar surface area (TPSA) is 78.6 Å². The summed E-state index contributed by atoms with van der Waals surface area (Å²) in [6, 6.07) is 11.6. The Morgan fingerprint density at radius 2 is 2.07 bits per heavy atom. The van der Waals surface area contributed by atoms with E-state index in [0.717, 1.165) is 50.7 Å². The molecule has 0 radical (unpaired) electrons. The first-order chi connectivity index (χ1) is 14.0. The number of aryl methyl sites for hydroxylation is 1. The molecule has 2 unspecified atom stereocenters. The number of nitrogens with zero attached hydrogens (tertiary/aromatic N) is 4. The van der Waals surface area contributed by atoms with Gasteiger partial charge in [-0.3, -0.25) is 9.89 Å². The summed E-state index contributed by atoms with van der Waals surface area (Å²) in [6.45, 7) is 9.27. The van der Waals surface area contributed by atoms with Gasteiger partial charge >= 0.3 is 0 Å². The highest BCUT2D eigenvalue weighted by Gasteiger charge is 2.29. The second-order valence-electron chi connectivity index (χ2n) is 8.14. The van der Waals surface area contributed by atoms with Gasteiger partial charge in [-0.05, 0) is 25.3 Å². The maximum absolute atomic E-state index is 5.30. The van der Waals surface area contributed by atoms with Crippen LogP contribution in [0.3, 0.4) is 0 Å². The van der Waals surface area contributed by atoms with Crippen molar-refractivity contribution in [2.45, 2.75) is 64.6 Å². The molecule has 0 spiro atoms. The molecule has 1 aromatic heterocycles. The van der Waals surface area contributed by atoms with Crippen molar-refractivity contribution in [1.29, 1.82) is 0 Å². The zero-order valence-corrected chi connectivity index (χ0v) is 20.8. The lowest BCUT2D eigenvalue weighted by molar-refractivity contribution is 0.258. The molecule has 2 atom stereocenters. The van der Waals surface area contributed by atoms with Crippen LogP contribution in [-0.2, 0) is 13.0 Å². The molecule has 1 aliphatic rings. The highest BCUT2D eigenvalue weighted by atomic mass is 127. The Labute approximate surface area is 197 Å². The lowest BCUT2D eigenvalue weighted by atomic mass is 10.2. The van der Waals surface area contributed by atoms with Crippen LogP contribution in [0.2, 0.25) is 0 Å². The van der Waals surface area contributed by atoms with E-state index in [0.29, 0.717) is 23.9 Å². The molecule has 1 fully saturated rings. The molecule has 2 heterocycles. The van der Waals surface area contributed by atoms with Crippen molar-refractivity contribution in [3.63, 3.8) is 0 Å². The summed E-state index contributed by atoms with van der Waals surface area (Å²) in [5.41, 5.74) is 1.36. The fourth-order valence-corrected chi connectivity index (χ4v) is 3.68. The Balaban J connectivity index is 0.00000320. The van der Waals surface area contributed by atoms with E-state index < -0.39 is 0 Å². The van der Waals surface area contributed by atoms with E-state index in [4.69, 9.17) is 4.52 Å². The van der Waals surface area contributed by atoms with Gasteiger partial charge in [0.15, 0.2) is 11.8 Å². The van der Waals surface area contributed by atoms with Gasteiger partial charge in [-0.15, -0.1) is 24.0 Å². The van der Waals surface area contributed by atoms with Gasteiger partial charge in [0.2, 0.25) is 5.89 Å². The Kier molecular flexibility index (Phi) is 10.0. The average Bonchev–Trinajstić information content (AvgIpc) is 3.32. The number of aromatic nitrogens is 2. The summed E-state index contributed by atoms with van der Waals surface area (Å²) < 4.78 is 5.30. The van der Waals surface area contributed by atoms with Crippen LogP contribution >= 0.6 is 24.0 Å². The molecule has 2 N–H and O–H groups in total. The largest absolute Gasteiger partial charge is 0.356 e. The molecular formula is C22H35IN6O. The summed E-state index contributed by atoms with van der Waals surface area (Å²) in [5, 5.41) is 11.0. The minimum atomic E-state index is 0. The standard InChI is InChI=1S/C22H34N6O.HI/c1-16(2)21-26-20(29-27-21)11-8-12-24-22(23-4)25-19-13-17(3)28(15-19)14-18-9-6-5-7-10-18;/h5-7,9-10,16-17,19H,8,11-15H2,1-4H3,(H2,23,24,25);1H. The second kappa shape index (κ2) is 12.2. The first-order valence-electron chi connectivity index (χ1n) is 10.6. The smallest absolute Gasteiger partial charge is 0.226 e. The van der Waals surface area contributed by atoms with Crippen molar-refractivity contribution in [3.05, 3.63) is 47.6 Å². The van der Waals surface area contributed by atoms with E-state index in [1.165, 1.54) is 5.56 Å². The molecule has 0 aliphatic carbocycles. The van der Waals surface area contributed by atoms with E-state index in [-0.39, 0.29) is 24.0 Å². The molecule has 0 bridgehead atoms. The van der Waals surface area contributed by atoms with Crippen LogP contribution in [0.4, 0.5) is 0 Å². The van der Waals surface area contributed by atoms with Gasteiger partial charge in [0.1, 0.15) is 0 Å². The van der Waals surface area contributed by atoms with Crippen LogP contribution < -0.4 is 10.6 Å². The zero-order chi connectivity index (χ0) is 20.6. The monoisotopic (exact) mass is 526 g/mol. The van der Waals surface area contributed by atoms with Crippen LogP contribution in [0.15, 0.2) is 39.8 Å². The van der Waals surface area contributed by atoms with Crippen molar-refractivity contribution in [1.82, 2.24) is 25.7 Å². The van der Waals surface area contributed by atoms with Gasteiger partial charge in [-0.2, -0.15) is 4.98 Å². The maximum atomic E-state index is 5.30. The number of rotatable bonds is 8. The molecule has 1 aromatic carbocycles. The quantitative estimate of drug-likeness (QED) is 0.237. The lowest BCUT2D eigenvalue weighted by Gasteiger charge is -2.21. The summed E-state index contributed by atoms with van der Waals surface area (Å²) in [6.07, 6.45) is 2.81. The number of hydrogen-bond acceptors (Lipinski definition) is 5. The Bertz CT molecular complexity index is 779. The Morgan fingerprint density at radius 3 is 2.73 bits per heavy atom. The Morgan fingerprint density at radius 1 is 1.30 bits per heavy atom. The van der Waals surface area contributed by atoms with E-state index in [9.17, 15) is 0 Å². The van der Waals surface area contributed by atoms with Crippen LogP contribution in [-0.4, -0.2) is 53.2 Å². The van der Waals surface area contributed by atoms with Gasteiger partial charge in [0, 0.05) is 51.1 Å². The molecule has 1 saturated heterocycles. The zero-order valence-electron chi connectivity index (χ0n) is 18.5. The van der Waals surface area contributed by atoms with Crippen LogP contribution in [0.5, 0.6) is 0 Å². The molecule has 8 heteroatoms. The van der Waals surface area contributed by atoms with Crippen molar-refractivity contribution in [2.24, 2.45) is 4.99 Å². The SMILES string of the molecule is CN=C(NCCCc1nc(C(C)C)no1)NC1CC(C)N(Cc2ccccc2)C1.I. The Hall–Kier alpha value is -1.68. The summed E-state index contributed by atoms with van der Waals surface area (Å²) in [7, 11) is 1.82. The normalized spacial score (nSPS) is 19.7. The fourth-order valence-electron chi connectivity index (χ4n) is 3.68. The number of likely N-dealkylation sites (tertiary alicyclic amines) is 1. The maximum Gasteiger partial charge on any atom is 0.226 e. The molecule has 7 nitrogen and oxygen atoms in total. The van der Waals surface area contributed by atoms with Gasteiger partial charge in [0.25, 0.3) is 0 Å². The van der Waals surface area contributed by atoms with Crippen LogP contribution in [0.1, 0.15) is 56.8 Å². The number of nitrogens with one attached hydrogen (secondary N) is 2. The molecule has 3 rings (SSSR count). The van der Waals surface area contributed by atoms with Gasteiger partial charge < -0.3 is 15.2 Å². The fraction of sp³-hybridized carbons (Fsp3) is 0.591. The highest BCUT2D eigenvalue weighted by molar-refractivity contribution is 14.0. The number of hydrogen-bond donors (Lipinski definition) is 2. The molecule has 1 aliphatic heterocycles. The van der Waals surface area contributed by atoms with Crippen molar-refractivity contribution >= 4 is 29.9 Å². The first-order valence-corrected chi connectivity index (χ1v) is 10.6. The van der Waals surface area contributed by atoms with E-state index in [2.05, 4.69) is 81.8 Å². The summed E-state index contributed by atoms with van der Waals surface area (Å²) >= 11 is 0. The predicted octanol–water partition coefficient (Wildman–Crippen LogP) is 3.57. The second-order valence-corrected chi connectivity index (χ2v) is 8.14. The van der Waals surface area contributed by atoms with Gasteiger partial charge in [0.05, 0.1) is 0 Å². The summed E-state index contributed by atoms with van der Waals surface area (Å²) in [5.74, 6) is 2.64. The molecule has 0 amide bonds. The molecular weight excluding hydrogens is 491 g/mol. The van der Waals surface area contributed by atoms with E-state index in [1.54, 1.807) is 0 Å². The van der Waals surface area contributed by atoms with Gasteiger partial charge in [-0.1, -0.05) is 49.3 Å². The minimum absolute atomic E-state index is 0. The number of aliphatic imine (C=N–C) groups is 1. The summed E-state index contributed by atoms with van der Waals surface area (Å²) in [4.78, 5) is 11.3. The molecule has 2 aromatic rings. The number of benzene rings is 1. The molecule has 0 saturated carbocycles. The third-order valence-corrected chi connectivity index (χ3v) is 5.36. The predicted molar refractivity (Wildman–Crippen MR) is 131 cm³/mol. The van der Waals surface area contributed by atoms with Crippen molar-refractivity contribution in [3.8, 4) is 0 Å². The minimum Gasteiger partial charge on any atom is -0.356 e.